The Labute approximate surface area is 153 Å². The molecule has 3 saturated heterocycles. The fraction of sp³-hybridized carbons (Fsp3) is 0.667. The first kappa shape index (κ1) is 17.2. The lowest BCUT2D eigenvalue weighted by atomic mass is 10.1. The molecule has 4 rings (SSSR count). The normalized spacial score (nSPS) is 25.0. The predicted octanol–water partition coefficient (Wildman–Crippen LogP) is 0.153. The molecule has 0 N–H and O–H groups in total. The monoisotopic (exact) mass is 359 g/mol. The fourth-order valence-electron chi connectivity index (χ4n) is 4.09. The van der Waals surface area contributed by atoms with E-state index in [1.54, 1.807) is 18.5 Å². The number of piperazine rings is 1. The third kappa shape index (κ3) is 3.51. The van der Waals surface area contributed by atoms with Gasteiger partial charge in [0.15, 0.2) is 0 Å². The molecule has 2 amide bonds. The third-order valence-corrected chi connectivity index (χ3v) is 5.57. The molecule has 0 bridgehead atoms. The van der Waals surface area contributed by atoms with E-state index in [2.05, 4.69) is 14.9 Å². The van der Waals surface area contributed by atoms with Crippen molar-refractivity contribution in [2.24, 2.45) is 5.92 Å². The van der Waals surface area contributed by atoms with E-state index >= 15 is 0 Å². The van der Waals surface area contributed by atoms with Gasteiger partial charge < -0.3 is 19.4 Å². The van der Waals surface area contributed by atoms with Crippen molar-refractivity contribution in [3.8, 4) is 0 Å². The Hall–Kier alpha value is -2.22. The van der Waals surface area contributed by atoms with Gasteiger partial charge in [0.2, 0.25) is 17.8 Å². The minimum atomic E-state index is -0.204. The Balaban J connectivity index is 1.32. The van der Waals surface area contributed by atoms with Gasteiger partial charge in [0.05, 0.1) is 5.92 Å². The molecular formula is C18H25N5O3. The van der Waals surface area contributed by atoms with Crippen molar-refractivity contribution in [3.63, 3.8) is 0 Å². The zero-order chi connectivity index (χ0) is 17.9. The van der Waals surface area contributed by atoms with Crippen LogP contribution in [0.25, 0.3) is 0 Å². The van der Waals surface area contributed by atoms with Gasteiger partial charge in [0, 0.05) is 70.8 Å². The Morgan fingerprint density at radius 1 is 1.08 bits per heavy atom. The highest BCUT2D eigenvalue weighted by molar-refractivity contribution is 5.89. The summed E-state index contributed by atoms with van der Waals surface area (Å²) in [4.78, 5) is 39.7. The van der Waals surface area contributed by atoms with E-state index in [-0.39, 0.29) is 23.8 Å². The van der Waals surface area contributed by atoms with Crippen molar-refractivity contribution in [2.75, 3.05) is 50.8 Å². The summed E-state index contributed by atoms with van der Waals surface area (Å²) in [5.74, 6) is 0.735. The number of aromatic nitrogens is 2. The summed E-state index contributed by atoms with van der Waals surface area (Å²) < 4.78 is 5.38. The molecule has 8 nitrogen and oxygen atoms in total. The first-order valence-electron chi connectivity index (χ1n) is 9.40. The number of nitrogens with zero attached hydrogens (tertiary/aromatic N) is 5. The van der Waals surface area contributed by atoms with Crippen LogP contribution >= 0.6 is 0 Å². The van der Waals surface area contributed by atoms with E-state index in [0.717, 1.165) is 25.9 Å². The van der Waals surface area contributed by atoms with Crippen molar-refractivity contribution in [1.29, 1.82) is 0 Å². The second-order valence-electron chi connectivity index (χ2n) is 7.15. The van der Waals surface area contributed by atoms with Crippen molar-refractivity contribution in [1.82, 2.24) is 19.8 Å². The highest BCUT2D eigenvalue weighted by Crippen LogP contribution is 2.26. The van der Waals surface area contributed by atoms with Gasteiger partial charge in [-0.1, -0.05) is 0 Å². The molecule has 3 fully saturated rings. The summed E-state index contributed by atoms with van der Waals surface area (Å²) in [5.41, 5.74) is 0. The lowest BCUT2D eigenvalue weighted by Crippen LogP contribution is -2.51. The van der Waals surface area contributed by atoms with Gasteiger partial charge in [0.25, 0.3) is 0 Å². The third-order valence-electron chi connectivity index (χ3n) is 5.57. The maximum atomic E-state index is 12.9. The van der Waals surface area contributed by atoms with E-state index in [1.165, 1.54) is 0 Å². The van der Waals surface area contributed by atoms with Gasteiger partial charge in [-0.3, -0.25) is 9.59 Å². The van der Waals surface area contributed by atoms with Crippen molar-refractivity contribution in [2.45, 2.75) is 25.3 Å². The largest absolute Gasteiger partial charge is 0.381 e. The first-order valence-corrected chi connectivity index (χ1v) is 9.40. The molecule has 1 aromatic rings. The van der Waals surface area contributed by atoms with Crippen LogP contribution in [0.1, 0.15) is 19.3 Å². The highest BCUT2D eigenvalue weighted by atomic mass is 16.5. The molecule has 0 radical (unpaired) electrons. The Bertz CT molecular complexity index is 641. The van der Waals surface area contributed by atoms with Crippen molar-refractivity contribution in [3.05, 3.63) is 18.5 Å². The highest BCUT2D eigenvalue weighted by Gasteiger charge is 2.40. The Morgan fingerprint density at radius 3 is 2.46 bits per heavy atom. The van der Waals surface area contributed by atoms with Crippen LogP contribution in [-0.2, 0) is 14.3 Å². The van der Waals surface area contributed by atoms with E-state index in [1.807, 2.05) is 9.80 Å². The van der Waals surface area contributed by atoms with Crippen LogP contribution in [0.4, 0.5) is 5.95 Å². The molecule has 0 saturated carbocycles. The van der Waals surface area contributed by atoms with Gasteiger partial charge in [-0.25, -0.2) is 9.97 Å². The molecule has 26 heavy (non-hydrogen) atoms. The fourth-order valence-corrected chi connectivity index (χ4v) is 4.09. The van der Waals surface area contributed by atoms with Crippen molar-refractivity contribution < 1.29 is 14.3 Å². The molecule has 0 aromatic carbocycles. The van der Waals surface area contributed by atoms with Gasteiger partial charge >= 0.3 is 0 Å². The average Bonchev–Trinajstić information content (AvgIpc) is 3.10. The lowest BCUT2D eigenvalue weighted by Gasteiger charge is -2.36. The molecule has 0 spiro atoms. The van der Waals surface area contributed by atoms with Crippen LogP contribution < -0.4 is 4.90 Å². The summed E-state index contributed by atoms with van der Waals surface area (Å²) in [5, 5.41) is 0. The second kappa shape index (κ2) is 7.57. The Kier molecular flexibility index (Phi) is 5.01. The number of hydrogen-bond donors (Lipinski definition) is 0. The number of rotatable bonds is 3. The maximum absolute atomic E-state index is 12.9. The molecule has 3 aliphatic rings. The lowest BCUT2D eigenvalue weighted by molar-refractivity contribution is -0.136. The standard InChI is InChI=1S/C18H25N5O3/c24-16-12-14(13-23(16)15-2-10-26-11-3-15)17(25)21-6-8-22(9-7-21)18-19-4-1-5-20-18/h1,4-5,14-15H,2-3,6-13H2/t14-/m1/s1. The SMILES string of the molecule is O=C([C@@H]1CC(=O)N(C2CCOCC2)C1)N1CCN(c2ncccn2)CC1. The number of likely N-dealkylation sites (tertiary alicyclic amines) is 1. The molecule has 1 atom stereocenters. The average molecular weight is 359 g/mol. The second-order valence-corrected chi connectivity index (χ2v) is 7.15. The summed E-state index contributed by atoms with van der Waals surface area (Å²) >= 11 is 0. The topological polar surface area (TPSA) is 78.9 Å². The number of carbonyl (C=O) groups excluding carboxylic acids is 2. The minimum Gasteiger partial charge on any atom is -0.381 e. The van der Waals surface area contributed by atoms with Gasteiger partial charge in [-0.05, 0) is 18.9 Å². The number of anilines is 1. The summed E-state index contributed by atoms with van der Waals surface area (Å²) in [7, 11) is 0. The van der Waals surface area contributed by atoms with E-state index in [0.29, 0.717) is 45.2 Å². The number of carbonyl (C=O) groups is 2. The van der Waals surface area contributed by atoms with Crippen molar-refractivity contribution >= 4 is 17.8 Å². The van der Waals surface area contributed by atoms with Crippen LogP contribution in [0.5, 0.6) is 0 Å². The molecule has 0 aliphatic carbocycles. The molecule has 8 heteroatoms. The van der Waals surface area contributed by atoms with E-state index in [4.69, 9.17) is 4.74 Å². The van der Waals surface area contributed by atoms with Crippen LogP contribution in [0.15, 0.2) is 18.5 Å². The van der Waals surface area contributed by atoms with Gasteiger partial charge in [0.1, 0.15) is 0 Å². The predicted molar refractivity (Wildman–Crippen MR) is 94.5 cm³/mol. The number of hydrogen-bond acceptors (Lipinski definition) is 6. The summed E-state index contributed by atoms with van der Waals surface area (Å²) in [6, 6.07) is 2.03. The quantitative estimate of drug-likeness (QED) is 0.765. The number of amides is 2. The molecule has 3 aliphatic heterocycles. The summed E-state index contributed by atoms with van der Waals surface area (Å²) in [6.45, 7) is 4.72. The zero-order valence-corrected chi connectivity index (χ0v) is 14.9. The maximum Gasteiger partial charge on any atom is 0.228 e. The smallest absolute Gasteiger partial charge is 0.228 e. The van der Waals surface area contributed by atoms with Crippen LogP contribution in [-0.4, -0.2) is 83.6 Å². The van der Waals surface area contributed by atoms with Gasteiger partial charge in [-0.15, -0.1) is 0 Å². The molecular weight excluding hydrogens is 334 g/mol. The van der Waals surface area contributed by atoms with Crippen LogP contribution in [0, 0.1) is 5.92 Å². The zero-order valence-electron chi connectivity index (χ0n) is 14.9. The van der Waals surface area contributed by atoms with E-state index < -0.39 is 0 Å². The Morgan fingerprint density at radius 2 is 1.77 bits per heavy atom. The summed E-state index contributed by atoms with van der Waals surface area (Å²) in [6.07, 6.45) is 5.56. The van der Waals surface area contributed by atoms with E-state index in [9.17, 15) is 9.59 Å². The van der Waals surface area contributed by atoms with Crippen LogP contribution in [0.3, 0.4) is 0 Å². The molecule has 140 valence electrons. The number of ether oxygens (including phenoxy) is 1. The van der Waals surface area contributed by atoms with Crippen LogP contribution in [0.2, 0.25) is 0 Å². The van der Waals surface area contributed by atoms with Gasteiger partial charge in [-0.2, -0.15) is 0 Å². The molecule has 1 aromatic heterocycles. The first-order chi connectivity index (χ1) is 12.7. The molecule has 4 heterocycles. The molecule has 0 unspecified atom stereocenters. The minimum absolute atomic E-state index is 0.113.